The molecule has 0 saturated heterocycles. The van der Waals surface area contributed by atoms with Crippen molar-refractivity contribution in [3.63, 3.8) is 0 Å². The molecule has 0 bridgehead atoms. The summed E-state index contributed by atoms with van der Waals surface area (Å²) in [4.78, 5) is 43.0. The highest BCUT2D eigenvalue weighted by molar-refractivity contribution is 8.54. The molecule has 0 spiro atoms. The minimum atomic E-state index is -3.96. The van der Waals surface area contributed by atoms with Crippen molar-refractivity contribution in [2.45, 2.75) is 19.3 Å². The van der Waals surface area contributed by atoms with Gasteiger partial charge in [-0.25, -0.2) is 4.57 Å². The van der Waals surface area contributed by atoms with Crippen molar-refractivity contribution >= 4 is 30.0 Å². The molecule has 0 saturated carbocycles. The molecule has 7 nitrogen and oxygen atoms in total. The molecule has 2 amide bonds. The van der Waals surface area contributed by atoms with Crippen LogP contribution in [0.1, 0.15) is 40.0 Å². The Hall–Kier alpha value is -1.18. The smallest absolute Gasteiger partial charge is 0.317 e. The first-order valence-corrected chi connectivity index (χ1v) is 11.0. The number of nitrogens with zero attached hydrogens (tertiary/aromatic N) is 1. The van der Waals surface area contributed by atoms with E-state index in [0.29, 0.717) is 47.8 Å². The SMILES string of the molecule is O=C1c2ccccc2C(=O)N1CCCCNCCCSP(=O)(O)O. The van der Waals surface area contributed by atoms with Crippen LogP contribution in [0.4, 0.5) is 0 Å². The summed E-state index contributed by atoms with van der Waals surface area (Å²) < 4.78 is 10.6. The molecule has 132 valence electrons. The Morgan fingerprint density at radius 1 is 1.00 bits per heavy atom. The van der Waals surface area contributed by atoms with E-state index in [1.54, 1.807) is 24.3 Å². The van der Waals surface area contributed by atoms with Crippen LogP contribution in [-0.2, 0) is 4.57 Å². The largest absolute Gasteiger partial charge is 0.383 e. The van der Waals surface area contributed by atoms with Crippen molar-refractivity contribution in [2.24, 2.45) is 0 Å². The lowest BCUT2D eigenvalue weighted by Crippen LogP contribution is -2.31. The van der Waals surface area contributed by atoms with E-state index in [2.05, 4.69) is 5.32 Å². The molecule has 1 aromatic rings. The second kappa shape index (κ2) is 8.78. The van der Waals surface area contributed by atoms with Gasteiger partial charge >= 0.3 is 6.80 Å². The van der Waals surface area contributed by atoms with Gasteiger partial charge in [0, 0.05) is 12.3 Å². The molecule has 3 N–H and O–H groups in total. The molecule has 2 rings (SSSR count). The average Bonchev–Trinajstić information content (AvgIpc) is 2.77. The summed E-state index contributed by atoms with van der Waals surface area (Å²) in [7, 11) is 0. The number of imide groups is 1. The van der Waals surface area contributed by atoms with E-state index in [-0.39, 0.29) is 11.8 Å². The van der Waals surface area contributed by atoms with Gasteiger partial charge in [-0.1, -0.05) is 12.1 Å². The van der Waals surface area contributed by atoms with E-state index in [9.17, 15) is 14.2 Å². The number of unbranched alkanes of at least 4 members (excludes halogenated alkanes) is 1. The molecule has 0 fully saturated rings. The zero-order valence-electron chi connectivity index (χ0n) is 13.2. The fourth-order valence-corrected chi connectivity index (χ4v) is 4.08. The van der Waals surface area contributed by atoms with Gasteiger partial charge in [-0.3, -0.25) is 14.5 Å². The zero-order valence-corrected chi connectivity index (χ0v) is 14.9. The van der Waals surface area contributed by atoms with Crippen LogP contribution in [-0.4, -0.2) is 51.9 Å². The van der Waals surface area contributed by atoms with Gasteiger partial charge in [0.15, 0.2) is 0 Å². The van der Waals surface area contributed by atoms with Crippen LogP contribution in [0.3, 0.4) is 0 Å². The number of benzene rings is 1. The molecular weight excluding hydrogens is 351 g/mol. The first kappa shape index (κ1) is 19.1. The average molecular weight is 372 g/mol. The monoisotopic (exact) mass is 372 g/mol. The normalized spacial score (nSPS) is 14.3. The quantitative estimate of drug-likeness (QED) is 0.327. The maximum atomic E-state index is 12.1. The number of fused-ring (bicyclic) bond motifs is 1. The first-order valence-electron chi connectivity index (χ1n) is 7.76. The molecule has 1 heterocycles. The third-order valence-electron chi connectivity index (χ3n) is 3.62. The number of amides is 2. The number of carbonyl (C=O) groups excluding carboxylic acids is 2. The summed E-state index contributed by atoms with van der Waals surface area (Å²) in [6, 6.07) is 6.85. The Balaban J connectivity index is 1.58. The Kier molecular flexibility index (Phi) is 7.01. The topological polar surface area (TPSA) is 107 Å². The van der Waals surface area contributed by atoms with Crippen LogP contribution >= 0.6 is 18.2 Å². The van der Waals surface area contributed by atoms with Crippen LogP contribution in [0.25, 0.3) is 0 Å². The molecule has 1 aromatic carbocycles. The van der Waals surface area contributed by atoms with Crippen LogP contribution in [0, 0.1) is 0 Å². The van der Waals surface area contributed by atoms with Crippen molar-refractivity contribution in [3.8, 4) is 0 Å². The van der Waals surface area contributed by atoms with Gasteiger partial charge in [0.25, 0.3) is 11.8 Å². The number of hydrogen-bond acceptors (Lipinski definition) is 5. The third-order valence-corrected chi connectivity index (χ3v) is 5.99. The van der Waals surface area contributed by atoms with Crippen LogP contribution in [0.2, 0.25) is 0 Å². The van der Waals surface area contributed by atoms with Gasteiger partial charge in [0.2, 0.25) is 0 Å². The van der Waals surface area contributed by atoms with Crippen molar-refractivity contribution in [1.29, 1.82) is 0 Å². The van der Waals surface area contributed by atoms with E-state index in [4.69, 9.17) is 9.79 Å². The summed E-state index contributed by atoms with van der Waals surface area (Å²) in [5.41, 5.74) is 0.950. The van der Waals surface area contributed by atoms with Crippen LogP contribution < -0.4 is 5.32 Å². The van der Waals surface area contributed by atoms with E-state index in [0.717, 1.165) is 19.4 Å². The number of nitrogens with one attached hydrogen (secondary N) is 1. The van der Waals surface area contributed by atoms with E-state index in [1.807, 2.05) is 0 Å². The maximum Gasteiger partial charge on any atom is 0.383 e. The van der Waals surface area contributed by atoms with E-state index in [1.165, 1.54) is 4.90 Å². The minimum absolute atomic E-state index is 0.224. The van der Waals surface area contributed by atoms with Gasteiger partial charge in [0.05, 0.1) is 11.1 Å². The van der Waals surface area contributed by atoms with Gasteiger partial charge < -0.3 is 15.1 Å². The zero-order chi connectivity index (χ0) is 17.6. The lowest BCUT2D eigenvalue weighted by Gasteiger charge is -2.13. The predicted octanol–water partition coefficient (Wildman–Crippen LogP) is 1.87. The maximum absolute atomic E-state index is 12.1. The molecule has 0 radical (unpaired) electrons. The second-order valence-corrected chi connectivity index (χ2v) is 9.29. The van der Waals surface area contributed by atoms with Crippen molar-refractivity contribution < 1.29 is 23.9 Å². The third kappa shape index (κ3) is 5.43. The summed E-state index contributed by atoms with van der Waals surface area (Å²) in [6.07, 6.45) is 2.21. The fraction of sp³-hybridized carbons (Fsp3) is 0.467. The molecule has 0 unspecified atom stereocenters. The Morgan fingerprint density at radius 3 is 2.17 bits per heavy atom. The molecule has 0 atom stereocenters. The summed E-state index contributed by atoms with van der Waals surface area (Å²) in [6.45, 7) is -2.14. The summed E-state index contributed by atoms with van der Waals surface area (Å²) >= 11 is 0.658. The fourth-order valence-electron chi connectivity index (χ4n) is 2.47. The molecular formula is C15H21N2O5PS. The highest BCUT2D eigenvalue weighted by Crippen LogP contribution is 2.50. The van der Waals surface area contributed by atoms with Gasteiger partial charge in [-0.05, 0) is 55.9 Å². The summed E-state index contributed by atoms with van der Waals surface area (Å²) in [5, 5.41) is 3.18. The molecule has 0 aliphatic carbocycles. The van der Waals surface area contributed by atoms with Crippen LogP contribution in [0.15, 0.2) is 24.3 Å². The molecule has 1 aliphatic rings. The van der Waals surface area contributed by atoms with Crippen molar-refractivity contribution in [1.82, 2.24) is 10.2 Å². The second-order valence-electron chi connectivity index (χ2n) is 5.44. The molecule has 0 aromatic heterocycles. The van der Waals surface area contributed by atoms with Crippen molar-refractivity contribution in [2.75, 3.05) is 25.4 Å². The lowest BCUT2D eigenvalue weighted by molar-refractivity contribution is 0.0651. The van der Waals surface area contributed by atoms with Gasteiger partial charge in [-0.2, -0.15) is 0 Å². The van der Waals surface area contributed by atoms with Gasteiger partial charge in [0.1, 0.15) is 0 Å². The highest BCUT2D eigenvalue weighted by atomic mass is 32.7. The Bertz CT molecular complexity index is 614. The lowest BCUT2D eigenvalue weighted by atomic mass is 10.1. The van der Waals surface area contributed by atoms with Crippen molar-refractivity contribution in [3.05, 3.63) is 35.4 Å². The van der Waals surface area contributed by atoms with E-state index < -0.39 is 6.80 Å². The standard InChI is InChI=1S/C15H21N2O5PS/c18-14-12-6-1-2-7-13(12)15(19)17(14)10-4-3-8-16-9-5-11-24-23(20,21)22/h1-2,6-7,16H,3-5,8-11H2,(H2,20,21,22). The molecule has 24 heavy (non-hydrogen) atoms. The minimum Gasteiger partial charge on any atom is -0.317 e. The number of rotatable bonds is 10. The highest BCUT2D eigenvalue weighted by Gasteiger charge is 2.34. The summed E-state index contributed by atoms with van der Waals surface area (Å²) in [5.74, 6) is -0.0391. The first-order chi connectivity index (χ1) is 11.4. The Labute approximate surface area is 144 Å². The van der Waals surface area contributed by atoms with E-state index >= 15 is 0 Å². The molecule has 1 aliphatic heterocycles. The van der Waals surface area contributed by atoms with Gasteiger partial charge in [-0.15, -0.1) is 0 Å². The van der Waals surface area contributed by atoms with Crippen LogP contribution in [0.5, 0.6) is 0 Å². The predicted molar refractivity (Wildman–Crippen MR) is 93.0 cm³/mol. The number of carbonyl (C=O) groups is 2. The Morgan fingerprint density at radius 2 is 1.58 bits per heavy atom. The molecule has 9 heteroatoms. The number of hydrogen-bond donors (Lipinski definition) is 3.